The summed E-state index contributed by atoms with van der Waals surface area (Å²) in [7, 11) is 0. The van der Waals surface area contributed by atoms with Crippen molar-refractivity contribution in [3.8, 4) is 0 Å². The van der Waals surface area contributed by atoms with Gasteiger partial charge >= 0.3 is 0 Å². The second-order valence-electron chi connectivity index (χ2n) is 6.60. The third kappa shape index (κ3) is 5.26. The van der Waals surface area contributed by atoms with Gasteiger partial charge in [0, 0.05) is 24.7 Å². The van der Waals surface area contributed by atoms with E-state index in [1.54, 1.807) is 0 Å². The van der Waals surface area contributed by atoms with Gasteiger partial charge in [-0.1, -0.05) is 31.3 Å². The zero-order chi connectivity index (χ0) is 16.7. The summed E-state index contributed by atoms with van der Waals surface area (Å²) in [6.07, 6.45) is 7.40. The normalized spacial score (nSPS) is 22.2. The molecule has 130 valence electrons. The first-order valence-electron chi connectivity index (χ1n) is 9.10. The van der Waals surface area contributed by atoms with E-state index in [1.807, 2.05) is 13.8 Å². The van der Waals surface area contributed by atoms with Crippen LogP contribution in [0.25, 0.3) is 0 Å². The van der Waals surface area contributed by atoms with Gasteiger partial charge in [0.05, 0.1) is 5.69 Å². The number of aliphatic imine (C=N–C) groups is 1. The zero-order valence-corrected chi connectivity index (χ0v) is 15.1. The first kappa shape index (κ1) is 17.8. The van der Waals surface area contributed by atoms with Crippen LogP contribution in [0.3, 0.4) is 0 Å². The fourth-order valence-electron chi connectivity index (χ4n) is 3.44. The molecule has 0 aromatic carbocycles. The van der Waals surface area contributed by atoms with Crippen LogP contribution in [0.15, 0.2) is 9.52 Å². The van der Waals surface area contributed by atoms with Gasteiger partial charge in [0.25, 0.3) is 0 Å². The van der Waals surface area contributed by atoms with E-state index < -0.39 is 0 Å². The van der Waals surface area contributed by atoms with Gasteiger partial charge in [-0.05, 0) is 46.0 Å². The molecule has 0 aliphatic heterocycles. The van der Waals surface area contributed by atoms with Crippen molar-refractivity contribution < 1.29 is 4.52 Å². The van der Waals surface area contributed by atoms with Crippen LogP contribution in [-0.2, 0) is 6.42 Å². The summed E-state index contributed by atoms with van der Waals surface area (Å²) in [5, 5.41) is 11.0. The van der Waals surface area contributed by atoms with Crippen LogP contribution < -0.4 is 10.6 Å². The monoisotopic (exact) mass is 320 g/mol. The van der Waals surface area contributed by atoms with E-state index in [0.717, 1.165) is 42.8 Å². The van der Waals surface area contributed by atoms with Crippen molar-refractivity contribution in [2.75, 3.05) is 13.1 Å². The van der Waals surface area contributed by atoms with Gasteiger partial charge in [0.15, 0.2) is 5.96 Å². The molecule has 1 aliphatic rings. The zero-order valence-electron chi connectivity index (χ0n) is 15.1. The number of hydrogen-bond acceptors (Lipinski definition) is 3. The predicted molar refractivity (Wildman–Crippen MR) is 94.8 cm³/mol. The van der Waals surface area contributed by atoms with Gasteiger partial charge in [-0.15, -0.1) is 0 Å². The fraction of sp³-hybridized carbons (Fsp3) is 0.778. The lowest BCUT2D eigenvalue weighted by molar-refractivity contribution is 0.298. The van der Waals surface area contributed by atoms with Gasteiger partial charge in [0.2, 0.25) is 0 Å². The fourth-order valence-corrected chi connectivity index (χ4v) is 3.44. The standard InChI is InChI=1S/C18H32N4O/c1-5-15-8-7-9-16(12-15)21-18(19-6-2)20-11-10-17-13(3)22-23-14(17)4/h15-16H,5-12H2,1-4H3,(H2,19,20,21). The molecule has 1 aromatic heterocycles. The van der Waals surface area contributed by atoms with E-state index in [2.05, 4.69) is 29.6 Å². The maximum atomic E-state index is 5.22. The Morgan fingerprint density at radius 3 is 2.78 bits per heavy atom. The molecular weight excluding hydrogens is 288 g/mol. The molecule has 2 atom stereocenters. The van der Waals surface area contributed by atoms with E-state index in [1.165, 1.54) is 37.7 Å². The van der Waals surface area contributed by atoms with E-state index in [4.69, 9.17) is 9.52 Å². The first-order chi connectivity index (χ1) is 11.1. The molecule has 2 rings (SSSR count). The quantitative estimate of drug-likeness (QED) is 0.623. The molecule has 2 N–H and O–H groups in total. The minimum Gasteiger partial charge on any atom is -0.361 e. The molecule has 0 amide bonds. The number of nitrogens with zero attached hydrogens (tertiary/aromatic N) is 2. The number of nitrogens with one attached hydrogen (secondary N) is 2. The van der Waals surface area contributed by atoms with E-state index in [9.17, 15) is 0 Å². The number of hydrogen-bond donors (Lipinski definition) is 2. The van der Waals surface area contributed by atoms with Gasteiger partial charge in [0.1, 0.15) is 5.76 Å². The summed E-state index contributed by atoms with van der Waals surface area (Å²) in [5.74, 6) is 2.72. The summed E-state index contributed by atoms with van der Waals surface area (Å²) in [4.78, 5) is 4.74. The topological polar surface area (TPSA) is 62.5 Å². The Morgan fingerprint density at radius 2 is 2.13 bits per heavy atom. The van der Waals surface area contributed by atoms with Crippen LogP contribution >= 0.6 is 0 Å². The number of rotatable bonds is 6. The molecule has 23 heavy (non-hydrogen) atoms. The maximum Gasteiger partial charge on any atom is 0.191 e. The molecule has 5 heteroatoms. The van der Waals surface area contributed by atoms with E-state index in [-0.39, 0.29) is 0 Å². The third-order valence-corrected chi connectivity index (χ3v) is 4.86. The van der Waals surface area contributed by atoms with Gasteiger partial charge in [-0.25, -0.2) is 0 Å². The highest BCUT2D eigenvalue weighted by Gasteiger charge is 2.21. The molecule has 0 radical (unpaired) electrons. The Morgan fingerprint density at radius 1 is 1.30 bits per heavy atom. The second-order valence-corrected chi connectivity index (χ2v) is 6.60. The van der Waals surface area contributed by atoms with E-state index >= 15 is 0 Å². The summed E-state index contributed by atoms with van der Waals surface area (Å²) in [6, 6.07) is 0.561. The molecule has 1 fully saturated rings. The number of aromatic nitrogens is 1. The minimum absolute atomic E-state index is 0.561. The van der Waals surface area contributed by atoms with Crippen molar-refractivity contribution in [1.29, 1.82) is 0 Å². The number of aryl methyl sites for hydroxylation is 2. The molecular formula is C18H32N4O. The Hall–Kier alpha value is -1.52. The molecule has 1 heterocycles. The average molecular weight is 320 g/mol. The van der Waals surface area contributed by atoms with Crippen molar-refractivity contribution >= 4 is 5.96 Å². The van der Waals surface area contributed by atoms with Gasteiger partial charge in [-0.3, -0.25) is 4.99 Å². The molecule has 0 saturated heterocycles. The third-order valence-electron chi connectivity index (χ3n) is 4.86. The largest absolute Gasteiger partial charge is 0.361 e. The Bertz CT molecular complexity index is 490. The molecule has 1 aliphatic carbocycles. The maximum absolute atomic E-state index is 5.22. The molecule has 2 unspecified atom stereocenters. The highest BCUT2D eigenvalue weighted by molar-refractivity contribution is 5.80. The SMILES string of the molecule is CCNC(=NCCc1c(C)noc1C)NC1CCCC(CC)C1. The van der Waals surface area contributed by atoms with Crippen LogP contribution in [0.4, 0.5) is 0 Å². The van der Waals surface area contributed by atoms with Crippen molar-refractivity contribution in [3.63, 3.8) is 0 Å². The summed E-state index contributed by atoms with van der Waals surface area (Å²) < 4.78 is 5.22. The summed E-state index contributed by atoms with van der Waals surface area (Å²) >= 11 is 0. The van der Waals surface area contributed by atoms with Crippen LogP contribution in [0.2, 0.25) is 0 Å². The summed E-state index contributed by atoms with van der Waals surface area (Å²) in [5.41, 5.74) is 2.17. The predicted octanol–water partition coefficient (Wildman–Crippen LogP) is 3.36. The lowest BCUT2D eigenvalue weighted by atomic mass is 9.84. The lowest BCUT2D eigenvalue weighted by Gasteiger charge is -2.30. The Balaban J connectivity index is 1.89. The van der Waals surface area contributed by atoms with Crippen LogP contribution in [-0.4, -0.2) is 30.2 Å². The van der Waals surface area contributed by atoms with Gasteiger partial charge in [-0.2, -0.15) is 0 Å². The van der Waals surface area contributed by atoms with Crippen LogP contribution in [0.5, 0.6) is 0 Å². The van der Waals surface area contributed by atoms with E-state index in [0.29, 0.717) is 6.04 Å². The first-order valence-corrected chi connectivity index (χ1v) is 9.10. The van der Waals surface area contributed by atoms with Crippen molar-refractivity contribution in [2.24, 2.45) is 10.9 Å². The minimum atomic E-state index is 0.561. The Kier molecular flexibility index (Phi) is 6.93. The molecule has 1 aromatic rings. The molecule has 1 saturated carbocycles. The van der Waals surface area contributed by atoms with Crippen LogP contribution in [0.1, 0.15) is 63.0 Å². The molecule has 5 nitrogen and oxygen atoms in total. The second kappa shape index (κ2) is 8.94. The van der Waals surface area contributed by atoms with Crippen molar-refractivity contribution in [2.45, 2.75) is 72.3 Å². The molecule has 0 spiro atoms. The smallest absolute Gasteiger partial charge is 0.191 e. The molecule has 0 bridgehead atoms. The summed E-state index contributed by atoms with van der Waals surface area (Å²) in [6.45, 7) is 10.0. The highest BCUT2D eigenvalue weighted by atomic mass is 16.5. The van der Waals surface area contributed by atoms with Crippen molar-refractivity contribution in [1.82, 2.24) is 15.8 Å². The average Bonchev–Trinajstić information content (AvgIpc) is 2.87. The highest BCUT2D eigenvalue weighted by Crippen LogP contribution is 2.26. The van der Waals surface area contributed by atoms with Crippen molar-refractivity contribution in [3.05, 3.63) is 17.0 Å². The Labute approximate surface area is 140 Å². The number of guanidine groups is 1. The van der Waals surface area contributed by atoms with Gasteiger partial charge < -0.3 is 15.2 Å². The van der Waals surface area contributed by atoms with Crippen LogP contribution in [0, 0.1) is 19.8 Å². The lowest BCUT2D eigenvalue weighted by Crippen LogP contribution is -2.45.